The maximum atomic E-state index is 5.68. The summed E-state index contributed by atoms with van der Waals surface area (Å²) >= 11 is 0. The van der Waals surface area contributed by atoms with Crippen molar-refractivity contribution in [3.05, 3.63) is 17.8 Å². The maximum Gasteiger partial charge on any atom is 0.131 e. The quantitative estimate of drug-likeness (QED) is 0.737. The van der Waals surface area contributed by atoms with E-state index in [0.717, 1.165) is 18.1 Å². The lowest BCUT2D eigenvalue weighted by atomic mass is 10.2. The lowest BCUT2D eigenvalue weighted by Gasteiger charge is -2.24. The predicted molar refractivity (Wildman–Crippen MR) is 59.4 cm³/mol. The third-order valence-electron chi connectivity index (χ3n) is 2.90. The van der Waals surface area contributed by atoms with Crippen molar-refractivity contribution >= 4 is 11.5 Å². The third-order valence-corrected chi connectivity index (χ3v) is 2.90. The molecule has 1 saturated heterocycles. The lowest BCUT2D eigenvalue weighted by Crippen LogP contribution is -2.27. The van der Waals surface area contributed by atoms with E-state index in [1.54, 1.807) is 6.20 Å². The molecule has 0 aromatic carbocycles. The third kappa shape index (κ3) is 1.54. The van der Waals surface area contributed by atoms with E-state index >= 15 is 0 Å². The van der Waals surface area contributed by atoms with Gasteiger partial charge in [-0.25, -0.2) is 4.98 Å². The van der Waals surface area contributed by atoms with Crippen LogP contribution in [0.2, 0.25) is 0 Å². The van der Waals surface area contributed by atoms with E-state index in [4.69, 9.17) is 5.73 Å². The number of rotatable bonds is 1. The summed E-state index contributed by atoms with van der Waals surface area (Å²) in [6.07, 6.45) is 4.28. The van der Waals surface area contributed by atoms with E-state index in [-0.39, 0.29) is 0 Å². The fourth-order valence-electron chi connectivity index (χ4n) is 2.14. The topological polar surface area (TPSA) is 42.1 Å². The van der Waals surface area contributed by atoms with Crippen molar-refractivity contribution in [2.45, 2.75) is 32.7 Å². The van der Waals surface area contributed by atoms with E-state index in [1.807, 2.05) is 6.07 Å². The first-order chi connectivity index (χ1) is 6.68. The van der Waals surface area contributed by atoms with Gasteiger partial charge in [-0.1, -0.05) is 0 Å². The van der Waals surface area contributed by atoms with Crippen LogP contribution in [0.15, 0.2) is 12.3 Å². The van der Waals surface area contributed by atoms with Gasteiger partial charge in [-0.05, 0) is 38.3 Å². The van der Waals surface area contributed by atoms with Gasteiger partial charge in [0, 0.05) is 12.6 Å². The Kier molecular flexibility index (Phi) is 2.32. The van der Waals surface area contributed by atoms with E-state index < -0.39 is 0 Å². The smallest absolute Gasteiger partial charge is 0.131 e. The number of hydrogen-bond donors (Lipinski definition) is 1. The van der Waals surface area contributed by atoms with Crippen LogP contribution in [0.3, 0.4) is 0 Å². The fourth-order valence-corrected chi connectivity index (χ4v) is 2.14. The molecule has 0 bridgehead atoms. The molecule has 1 aliphatic rings. The molecule has 0 aliphatic carbocycles. The summed E-state index contributed by atoms with van der Waals surface area (Å²) in [5, 5.41) is 0. The van der Waals surface area contributed by atoms with Gasteiger partial charge in [0.15, 0.2) is 0 Å². The van der Waals surface area contributed by atoms with Crippen molar-refractivity contribution in [2.75, 3.05) is 17.2 Å². The summed E-state index contributed by atoms with van der Waals surface area (Å²) in [4.78, 5) is 6.78. The highest BCUT2D eigenvalue weighted by atomic mass is 15.2. The first-order valence-electron chi connectivity index (χ1n) is 5.17. The van der Waals surface area contributed by atoms with Crippen LogP contribution in [-0.4, -0.2) is 17.6 Å². The second-order valence-corrected chi connectivity index (χ2v) is 4.09. The summed E-state index contributed by atoms with van der Waals surface area (Å²) in [6, 6.07) is 2.61. The van der Waals surface area contributed by atoms with Crippen molar-refractivity contribution in [1.29, 1.82) is 0 Å². The summed E-state index contributed by atoms with van der Waals surface area (Å²) < 4.78 is 0. The number of nitrogens with zero attached hydrogens (tertiary/aromatic N) is 2. The standard InChI is InChI=1S/C11H17N3/c1-8-6-10(12)7-13-11(8)14-5-3-4-9(14)2/h6-7,9H,3-5,12H2,1-2H3/t9-/m1/s1. The number of nitrogen functional groups attached to an aromatic ring is 1. The first-order valence-corrected chi connectivity index (χ1v) is 5.17. The molecule has 0 radical (unpaired) electrons. The van der Waals surface area contributed by atoms with Gasteiger partial charge in [-0.2, -0.15) is 0 Å². The second-order valence-electron chi connectivity index (χ2n) is 4.09. The summed E-state index contributed by atoms with van der Waals surface area (Å²) in [5.41, 5.74) is 7.61. The van der Waals surface area contributed by atoms with Gasteiger partial charge in [0.1, 0.15) is 5.82 Å². The van der Waals surface area contributed by atoms with Gasteiger partial charge in [-0.15, -0.1) is 0 Å². The molecule has 3 nitrogen and oxygen atoms in total. The van der Waals surface area contributed by atoms with Gasteiger partial charge < -0.3 is 10.6 Å². The summed E-state index contributed by atoms with van der Waals surface area (Å²) in [6.45, 7) is 5.45. The molecule has 2 rings (SSSR count). The van der Waals surface area contributed by atoms with E-state index in [2.05, 4.69) is 23.7 Å². The SMILES string of the molecule is Cc1cc(N)cnc1N1CCC[C@H]1C. The molecule has 3 heteroatoms. The molecule has 0 amide bonds. The minimum atomic E-state index is 0.616. The minimum Gasteiger partial charge on any atom is -0.397 e. The van der Waals surface area contributed by atoms with Gasteiger partial charge in [0.05, 0.1) is 11.9 Å². The van der Waals surface area contributed by atoms with Crippen LogP contribution >= 0.6 is 0 Å². The Morgan fingerprint density at radius 3 is 2.93 bits per heavy atom. The molecular formula is C11H17N3. The normalized spacial score (nSPS) is 21.6. The molecule has 0 saturated carbocycles. The Morgan fingerprint density at radius 1 is 1.57 bits per heavy atom. The molecule has 1 atom stereocenters. The lowest BCUT2D eigenvalue weighted by molar-refractivity contribution is 0.725. The largest absolute Gasteiger partial charge is 0.397 e. The Labute approximate surface area is 84.9 Å². The monoisotopic (exact) mass is 191 g/mol. The number of hydrogen-bond acceptors (Lipinski definition) is 3. The average molecular weight is 191 g/mol. The Balaban J connectivity index is 2.31. The minimum absolute atomic E-state index is 0.616. The molecule has 0 unspecified atom stereocenters. The van der Waals surface area contributed by atoms with Crippen LogP contribution in [0, 0.1) is 6.92 Å². The van der Waals surface area contributed by atoms with Crippen molar-refractivity contribution < 1.29 is 0 Å². The number of anilines is 2. The van der Waals surface area contributed by atoms with Crippen LogP contribution in [0.5, 0.6) is 0 Å². The highest BCUT2D eigenvalue weighted by Crippen LogP contribution is 2.26. The number of aromatic nitrogens is 1. The molecule has 14 heavy (non-hydrogen) atoms. The zero-order chi connectivity index (χ0) is 10.1. The predicted octanol–water partition coefficient (Wildman–Crippen LogP) is 1.96. The van der Waals surface area contributed by atoms with Crippen LogP contribution in [0.25, 0.3) is 0 Å². The van der Waals surface area contributed by atoms with Crippen LogP contribution < -0.4 is 10.6 Å². The number of pyridine rings is 1. The van der Waals surface area contributed by atoms with E-state index in [0.29, 0.717) is 6.04 Å². The van der Waals surface area contributed by atoms with Crippen molar-refractivity contribution in [3.8, 4) is 0 Å². The Morgan fingerprint density at radius 2 is 2.36 bits per heavy atom. The van der Waals surface area contributed by atoms with Crippen molar-refractivity contribution in [3.63, 3.8) is 0 Å². The molecule has 76 valence electrons. The Hall–Kier alpha value is -1.25. The highest BCUT2D eigenvalue weighted by Gasteiger charge is 2.22. The highest BCUT2D eigenvalue weighted by molar-refractivity contribution is 5.53. The number of aryl methyl sites for hydroxylation is 1. The van der Waals surface area contributed by atoms with Crippen molar-refractivity contribution in [2.24, 2.45) is 0 Å². The van der Waals surface area contributed by atoms with Crippen LogP contribution in [0.1, 0.15) is 25.3 Å². The average Bonchev–Trinajstić information content (AvgIpc) is 2.52. The molecule has 1 aromatic rings. The number of nitrogens with two attached hydrogens (primary N) is 1. The molecule has 2 heterocycles. The Bertz CT molecular complexity index is 335. The van der Waals surface area contributed by atoms with Crippen LogP contribution in [0.4, 0.5) is 11.5 Å². The van der Waals surface area contributed by atoms with E-state index in [1.165, 1.54) is 18.4 Å². The van der Waals surface area contributed by atoms with E-state index in [9.17, 15) is 0 Å². The fraction of sp³-hybridized carbons (Fsp3) is 0.545. The molecule has 1 fully saturated rings. The van der Waals surface area contributed by atoms with Crippen molar-refractivity contribution in [1.82, 2.24) is 4.98 Å². The summed E-state index contributed by atoms with van der Waals surface area (Å²) in [5.74, 6) is 1.10. The second kappa shape index (κ2) is 3.48. The van der Waals surface area contributed by atoms with Gasteiger partial charge in [0.25, 0.3) is 0 Å². The molecule has 0 spiro atoms. The maximum absolute atomic E-state index is 5.68. The molecule has 1 aromatic heterocycles. The van der Waals surface area contributed by atoms with Gasteiger partial charge in [-0.3, -0.25) is 0 Å². The zero-order valence-corrected chi connectivity index (χ0v) is 8.83. The van der Waals surface area contributed by atoms with Gasteiger partial charge >= 0.3 is 0 Å². The first kappa shape index (κ1) is 9.31. The van der Waals surface area contributed by atoms with Crippen LogP contribution in [-0.2, 0) is 0 Å². The molecule has 1 aliphatic heterocycles. The summed E-state index contributed by atoms with van der Waals surface area (Å²) in [7, 11) is 0. The molecule has 2 N–H and O–H groups in total. The van der Waals surface area contributed by atoms with Gasteiger partial charge in [0.2, 0.25) is 0 Å². The molecular weight excluding hydrogens is 174 g/mol. The zero-order valence-electron chi connectivity index (χ0n) is 8.83.